The van der Waals surface area contributed by atoms with Gasteiger partial charge in [0, 0.05) is 39.9 Å². The summed E-state index contributed by atoms with van der Waals surface area (Å²) in [6, 6.07) is 0.589. The van der Waals surface area contributed by atoms with Crippen LogP contribution in [-0.2, 0) is 9.47 Å². The molecule has 0 aromatic heterocycles. The van der Waals surface area contributed by atoms with E-state index >= 15 is 0 Å². The van der Waals surface area contributed by atoms with Crippen LogP contribution in [0.25, 0.3) is 0 Å². The Bertz CT molecular complexity index is 237. The van der Waals surface area contributed by atoms with Gasteiger partial charge in [-0.05, 0) is 25.3 Å². The lowest BCUT2D eigenvalue weighted by Crippen LogP contribution is -2.48. The van der Waals surface area contributed by atoms with Gasteiger partial charge in [-0.3, -0.25) is 4.90 Å². The summed E-state index contributed by atoms with van der Waals surface area (Å²) in [6.07, 6.45) is 3.20. The lowest BCUT2D eigenvalue weighted by atomic mass is 9.95. The van der Waals surface area contributed by atoms with Crippen LogP contribution >= 0.6 is 0 Å². The summed E-state index contributed by atoms with van der Waals surface area (Å²) in [7, 11) is 3.64. The third-order valence-electron chi connectivity index (χ3n) is 4.27. The Morgan fingerprint density at radius 3 is 2.76 bits per heavy atom. The average molecular weight is 242 g/mol. The van der Waals surface area contributed by atoms with Gasteiger partial charge in [-0.2, -0.15) is 0 Å². The predicted octanol–water partition coefficient (Wildman–Crippen LogP) is 0.720. The fourth-order valence-electron chi connectivity index (χ4n) is 2.98. The molecule has 17 heavy (non-hydrogen) atoms. The monoisotopic (exact) mass is 242 g/mol. The molecule has 0 bridgehead atoms. The van der Waals surface area contributed by atoms with Crippen LogP contribution in [0.15, 0.2) is 0 Å². The first-order chi connectivity index (χ1) is 8.22. The summed E-state index contributed by atoms with van der Waals surface area (Å²) < 4.78 is 10.9. The molecule has 4 unspecified atom stereocenters. The van der Waals surface area contributed by atoms with Crippen LogP contribution < -0.4 is 5.32 Å². The summed E-state index contributed by atoms with van der Waals surface area (Å²) in [5.41, 5.74) is 0. The van der Waals surface area contributed by atoms with E-state index in [0.29, 0.717) is 24.2 Å². The van der Waals surface area contributed by atoms with E-state index in [2.05, 4.69) is 17.1 Å². The summed E-state index contributed by atoms with van der Waals surface area (Å²) in [5, 5.41) is 3.54. The standard InChI is InChI=1S/C13H26N2O2/c1-10-4-5-15(9-13(10)17-3)8-11-6-12(16-2)7-14-11/h10-14H,4-9H2,1-3H3. The molecule has 2 aliphatic rings. The molecule has 0 aliphatic carbocycles. The largest absolute Gasteiger partial charge is 0.380 e. The van der Waals surface area contributed by atoms with Gasteiger partial charge in [0.15, 0.2) is 0 Å². The third kappa shape index (κ3) is 3.41. The van der Waals surface area contributed by atoms with Crippen molar-refractivity contribution in [1.82, 2.24) is 10.2 Å². The summed E-state index contributed by atoms with van der Waals surface area (Å²) in [6.45, 7) is 6.70. The zero-order valence-electron chi connectivity index (χ0n) is 11.3. The minimum atomic E-state index is 0.405. The normalized spacial score (nSPS) is 39.7. The Balaban J connectivity index is 1.76. The van der Waals surface area contributed by atoms with E-state index in [1.165, 1.54) is 13.0 Å². The number of likely N-dealkylation sites (tertiary alicyclic amines) is 1. The van der Waals surface area contributed by atoms with Crippen LogP contribution in [0.3, 0.4) is 0 Å². The Morgan fingerprint density at radius 1 is 1.29 bits per heavy atom. The zero-order valence-corrected chi connectivity index (χ0v) is 11.3. The lowest BCUT2D eigenvalue weighted by Gasteiger charge is -2.37. The molecule has 0 aromatic rings. The number of nitrogens with one attached hydrogen (secondary N) is 1. The maximum atomic E-state index is 5.55. The SMILES string of the molecule is COC1CNC(CN2CCC(C)C(OC)C2)C1. The van der Waals surface area contributed by atoms with Crippen molar-refractivity contribution >= 4 is 0 Å². The van der Waals surface area contributed by atoms with E-state index in [4.69, 9.17) is 9.47 Å². The molecule has 1 N–H and O–H groups in total. The number of nitrogens with zero attached hydrogens (tertiary/aromatic N) is 1. The Hall–Kier alpha value is -0.160. The van der Waals surface area contributed by atoms with Crippen LogP contribution in [0.2, 0.25) is 0 Å². The Kier molecular flexibility index (Phi) is 4.79. The molecular weight excluding hydrogens is 216 g/mol. The molecule has 0 saturated carbocycles. The maximum absolute atomic E-state index is 5.55. The quantitative estimate of drug-likeness (QED) is 0.787. The number of rotatable bonds is 4. The minimum Gasteiger partial charge on any atom is -0.380 e. The molecule has 4 nitrogen and oxygen atoms in total. The van der Waals surface area contributed by atoms with Crippen molar-refractivity contribution in [2.24, 2.45) is 5.92 Å². The highest BCUT2D eigenvalue weighted by Crippen LogP contribution is 2.20. The molecule has 0 spiro atoms. The average Bonchev–Trinajstić information content (AvgIpc) is 2.79. The summed E-state index contributed by atoms with van der Waals surface area (Å²) in [5.74, 6) is 0.694. The second-order valence-corrected chi connectivity index (χ2v) is 5.50. The van der Waals surface area contributed by atoms with Crippen molar-refractivity contribution in [2.75, 3.05) is 40.4 Å². The van der Waals surface area contributed by atoms with Crippen LogP contribution in [0.1, 0.15) is 19.8 Å². The van der Waals surface area contributed by atoms with Crippen molar-refractivity contribution in [1.29, 1.82) is 0 Å². The molecular formula is C13H26N2O2. The van der Waals surface area contributed by atoms with E-state index < -0.39 is 0 Å². The van der Waals surface area contributed by atoms with E-state index in [1.54, 1.807) is 7.11 Å². The van der Waals surface area contributed by atoms with Crippen LogP contribution in [0.5, 0.6) is 0 Å². The van der Waals surface area contributed by atoms with Gasteiger partial charge in [0.1, 0.15) is 0 Å². The summed E-state index contributed by atoms with van der Waals surface area (Å²) >= 11 is 0. The predicted molar refractivity (Wildman–Crippen MR) is 68.2 cm³/mol. The molecule has 0 amide bonds. The second kappa shape index (κ2) is 6.14. The molecule has 100 valence electrons. The molecule has 4 atom stereocenters. The maximum Gasteiger partial charge on any atom is 0.0724 e. The number of hydrogen-bond acceptors (Lipinski definition) is 4. The molecule has 0 aromatic carbocycles. The van der Waals surface area contributed by atoms with Crippen LogP contribution in [-0.4, -0.2) is 63.5 Å². The fraction of sp³-hybridized carbons (Fsp3) is 1.00. The first-order valence-corrected chi connectivity index (χ1v) is 6.74. The first kappa shape index (κ1) is 13.3. The highest BCUT2D eigenvalue weighted by atomic mass is 16.5. The van der Waals surface area contributed by atoms with Crippen LogP contribution in [0, 0.1) is 5.92 Å². The molecule has 0 radical (unpaired) electrons. The van der Waals surface area contributed by atoms with E-state index in [1.807, 2.05) is 7.11 Å². The van der Waals surface area contributed by atoms with E-state index in [-0.39, 0.29) is 0 Å². The van der Waals surface area contributed by atoms with Crippen molar-refractivity contribution in [3.63, 3.8) is 0 Å². The Morgan fingerprint density at radius 2 is 2.12 bits per heavy atom. The van der Waals surface area contributed by atoms with Gasteiger partial charge in [-0.1, -0.05) is 6.92 Å². The van der Waals surface area contributed by atoms with Gasteiger partial charge in [0.25, 0.3) is 0 Å². The molecule has 2 fully saturated rings. The minimum absolute atomic E-state index is 0.405. The van der Waals surface area contributed by atoms with Gasteiger partial charge in [0.2, 0.25) is 0 Å². The molecule has 4 heteroatoms. The van der Waals surface area contributed by atoms with Crippen molar-refractivity contribution in [3.8, 4) is 0 Å². The second-order valence-electron chi connectivity index (χ2n) is 5.50. The van der Waals surface area contributed by atoms with Crippen LogP contribution in [0.4, 0.5) is 0 Å². The van der Waals surface area contributed by atoms with E-state index in [0.717, 1.165) is 26.1 Å². The Labute approximate surface area is 105 Å². The topological polar surface area (TPSA) is 33.7 Å². The zero-order chi connectivity index (χ0) is 12.3. The van der Waals surface area contributed by atoms with Gasteiger partial charge >= 0.3 is 0 Å². The van der Waals surface area contributed by atoms with Crippen molar-refractivity contribution in [3.05, 3.63) is 0 Å². The summed E-state index contributed by atoms with van der Waals surface area (Å²) in [4.78, 5) is 2.53. The number of hydrogen-bond donors (Lipinski definition) is 1. The van der Waals surface area contributed by atoms with Gasteiger partial charge in [0.05, 0.1) is 12.2 Å². The lowest BCUT2D eigenvalue weighted by molar-refractivity contribution is -0.00727. The fourth-order valence-corrected chi connectivity index (χ4v) is 2.98. The number of methoxy groups -OCH3 is 2. The first-order valence-electron chi connectivity index (χ1n) is 6.74. The number of piperidine rings is 1. The smallest absolute Gasteiger partial charge is 0.0724 e. The van der Waals surface area contributed by atoms with Gasteiger partial charge < -0.3 is 14.8 Å². The number of ether oxygens (including phenoxy) is 2. The highest BCUT2D eigenvalue weighted by molar-refractivity contribution is 4.87. The highest BCUT2D eigenvalue weighted by Gasteiger charge is 2.30. The molecule has 2 saturated heterocycles. The van der Waals surface area contributed by atoms with Gasteiger partial charge in [-0.25, -0.2) is 0 Å². The van der Waals surface area contributed by atoms with Crippen molar-refractivity contribution in [2.45, 2.75) is 38.0 Å². The van der Waals surface area contributed by atoms with Crippen molar-refractivity contribution < 1.29 is 9.47 Å². The van der Waals surface area contributed by atoms with E-state index in [9.17, 15) is 0 Å². The molecule has 2 rings (SSSR count). The molecule has 2 heterocycles. The molecule has 2 aliphatic heterocycles. The third-order valence-corrected chi connectivity index (χ3v) is 4.27. The van der Waals surface area contributed by atoms with Gasteiger partial charge in [-0.15, -0.1) is 0 Å².